The number of amides is 1. The van der Waals surface area contributed by atoms with Crippen LogP contribution in [-0.4, -0.2) is 32.9 Å². The molecule has 0 unspecified atom stereocenters. The first-order chi connectivity index (χ1) is 10.9. The van der Waals surface area contributed by atoms with E-state index in [0.29, 0.717) is 12.1 Å². The molecule has 2 rings (SSSR count). The zero-order valence-electron chi connectivity index (χ0n) is 13.1. The van der Waals surface area contributed by atoms with Crippen molar-refractivity contribution in [2.45, 2.75) is 16.7 Å². The van der Waals surface area contributed by atoms with Crippen molar-refractivity contribution in [2.75, 3.05) is 18.6 Å². The lowest BCUT2D eigenvalue weighted by atomic mass is 10.1. The Bertz CT molecular complexity index is 787. The molecule has 0 aromatic heterocycles. The number of hydrogen-bond acceptors (Lipinski definition) is 4. The molecule has 2 aromatic carbocycles. The maximum atomic E-state index is 12.2. The second-order valence-corrected chi connectivity index (χ2v) is 8.35. The van der Waals surface area contributed by atoms with Crippen LogP contribution < -0.4 is 5.32 Å². The third-order valence-electron chi connectivity index (χ3n) is 3.28. The third kappa shape index (κ3) is 5.11. The normalized spacial score (nSPS) is 11.2. The van der Waals surface area contributed by atoms with E-state index in [2.05, 4.69) is 5.32 Å². The molecule has 0 spiro atoms. The second-order valence-electron chi connectivity index (χ2n) is 5.17. The van der Waals surface area contributed by atoms with Gasteiger partial charge in [-0.25, -0.2) is 8.42 Å². The van der Waals surface area contributed by atoms with Crippen molar-refractivity contribution in [3.05, 3.63) is 59.7 Å². The molecule has 23 heavy (non-hydrogen) atoms. The summed E-state index contributed by atoms with van der Waals surface area (Å²) in [6, 6.07) is 14.6. The number of benzene rings is 2. The van der Waals surface area contributed by atoms with Crippen LogP contribution in [0.2, 0.25) is 0 Å². The molecular weight excluding hydrogens is 330 g/mol. The summed E-state index contributed by atoms with van der Waals surface area (Å²) in [7, 11) is -3.32. The van der Waals surface area contributed by atoms with E-state index in [4.69, 9.17) is 0 Å². The molecule has 0 saturated carbocycles. The molecule has 4 nitrogen and oxygen atoms in total. The number of rotatable bonds is 6. The van der Waals surface area contributed by atoms with Gasteiger partial charge in [0.2, 0.25) is 0 Å². The Kier molecular flexibility index (Phi) is 5.85. The minimum absolute atomic E-state index is 0.159. The van der Waals surface area contributed by atoms with Crippen LogP contribution in [0.25, 0.3) is 0 Å². The first-order valence-corrected chi connectivity index (χ1v) is 10.0. The van der Waals surface area contributed by atoms with Crippen LogP contribution in [0.4, 0.5) is 0 Å². The number of sulfone groups is 1. The molecule has 0 aliphatic rings. The number of aryl methyl sites for hydroxylation is 1. The monoisotopic (exact) mass is 349 g/mol. The summed E-state index contributed by atoms with van der Waals surface area (Å²) in [5, 5.41) is 2.83. The molecule has 0 heterocycles. The summed E-state index contributed by atoms with van der Waals surface area (Å²) < 4.78 is 23.2. The highest BCUT2D eigenvalue weighted by molar-refractivity contribution is 7.99. The van der Waals surface area contributed by atoms with E-state index < -0.39 is 9.84 Å². The van der Waals surface area contributed by atoms with Gasteiger partial charge < -0.3 is 5.32 Å². The van der Waals surface area contributed by atoms with Gasteiger partial charge in [0.25, 0.3) is 5.91 Å². The standard InChI is InChI=1S/C17H19NO3S2/c1-13-8-9-15(23(2,20)21)12-16(13)17(19)18-10-11-22-14-6-4-3-5-7-14/h3-9,12H,10-11H2,1-2H3,(H,18,19). The highest BCUT2D eigenvalue weighted by Crippen LogP contribution is 2.17. The minimum atomic E-state index is -3.32. The molecular formula is C17H19NO3S2. The highest BCUT2D eigenvalue weighted by atomic mass is 32.2. The van der Waals surface area contributed by atoms with E-state index in [9.17, 15) is 13.2 Å². The van der Waals surface area contributed by atoms with Gasteiger partial charge in [-0.1, -0.05) is 24.3 Å². The van der Waals surface area contributed by atoms with Crippen LogP contribution in [0.1, 0.15) is 15.9 Å². The van der Waals surface area contributed by atoms with E-state index in [1.807, 2.05) is 30.3 Å². The van der Waals surface area contributed by atoms with E-state index in [0.717, 1.165) is 22.5 Å². The van der Waals surface area contributed by atoms with Crippen LogP contribution in [-0.2, 0) is 9.84 Å². The summed E-state index contributed by atoms with van der Waals surface area (Å²) in [5.74, 6) is 0.502. The molecule has 0 saturated heterocycles. The van der Waals surface area contributed by atoms with E-state index >= 15 is 0 Å². The number of hydrogen-bond donors (Lipinski definition) is 1. The largest absolute Gasteiger partial charge is 0.351 e. The van der Waals surface area contributed by atoms with E-state index in [1.54, 1.807) is 24.8 Å². The van der Waals surface area contributed by atoms with Crippen LogP contribution >= 0.6 is 11.8 Å². The number of thioether (sulfide) groups is 1. The molecule has 0 bridgehead atoms. The average molecular weight is 349 g/mol. The van der Waals surface area contributed by atoms with Crippen molar-refractivity contribution in [2.24, 2.45) is 0 Å². The predicted octanol–water partition coefficient (Wildman–Crippen LogP) is 2.92. The molecule has 0 radical (unpaired) electrons. The molecule has 2 aromatic rings. The summed E-state index contributed by atoms with van der Waals surface area (Å²) in [6.45, 7) is 2.31. The summed E-state index contributed by atoms with van der Waals surface area (Å²) in [4.78, 5) is 13.6. The van der Waals surface area contributed by atoms with Crippen molar-refractivity contribution >= 4 is 27.5 Å². The molecule has 1 amide bonds. The summed E-state index contributed by atoms with van der Waals surface area (Å²) in [6.07, 6.45) is 1.13. The first kappa shape index (κ1) is 17.6. The van der Waals surface area contributed by atoms with Crippen LogP contribution in [0.5, 0.6) is 0 Å². The number of carbonyl (C=O) groups excluding carboxylic acids is 1. The van der Waals surface area contributed by atoms with Crippen molar-refractivity contribution in [1.82, 2.24) is 5.32 Å². The Morgan fingerprint density at radius 1 is 1.13 bits per heavy atom. The maximum Gasteiger partial charge on any atom is 0.251 e. The topological polar surface area (TPSA) is 63.2 Å². The molecule has 122 valence electrons. The maximum absolute atomic E-state index is 12.2. The summed E-state index contributed by atoms with van der Waals surface area (Å²) >= 11 is 1.66. The van der Waals surface area contributed by atoms with E-state index in [-0.39, 0.29) is 10.8 Å². The lowest BCUT2D eigenvalue weighted by Gasteiger charge is -2.09. The Labute approximate surface area is 141 Å². The Balaban J connectivity index is 1.95. The second kappa shape index (κ2) is 7.66. The molecule has 0 atom stereocenters. The van der Waals surface area contributed by atoms with Gasteiger partial charge in [-0.05, 0) is 36.8 Å². The molecule has 0 fully saturated rings. The van der Waals surface area contributed by atoms with Gasteiger partial charge in [-0.3, -0.25) is 4.79 Å². The first-order valence-electron chi connectivity index (χ1n) is 7.14. The van der Waals surface area contributed by atoms with Gasteiger partial charge in [0, 0.05) is 29.0 Å². The van der Waals surface area contributed by atoms with Crippen molar-refractivity contribution < 1.29 is 13.2 Å². The zero-order valence-corrected chi connectivity index (χ0v) is 14.7. The number of nitrogens with one attached hydrogen (secondary N) is 1. The van der Waals surface area contributed by atoms with Crippen molar-refractivity contribution in [3.8, 4) is 0 Å². The highest BCUT2D eigenvalue weighted by Gasteiger charge is 2.14. The zero-order chi connectivity index (χ0) is 16.9. The quantitative estimate of drug-likeness (QED) is 0.643. The molecule has 1 N–H and O–H groups in total. The van der Waals surface area contributed by atoms with Crippen LogP contribution in [0.15, 0.2) is 58.3 Å². The third-order valence-corrected chi connectivity index (χ3v) is 5.41. The lowest BCUT2D eigenvalue weighted by molar-refractivity contribution is 0.0955. The SMILES string of the molecule is Cc1ccc(S(C)(=O)=O)cc1C(=O)NCCSc1ccccc1. The van der Waals surface area contributed by atoms with Gasteiger partial charge in [-0.15, -0.1) is 11.8 Å². The minimum Gasteiger partial charge on any atom is -0.351 e. The fourth-order valence-electron chi connectivity index (χ4n) is 2.02. The van der Waals surface area contributed by atoms with Gasteiger partial charge in [0.1, 0.15) is 0 Å². The Hall–Kier alpha value is -1.79. The summed E-state index contributed by atoms with van der Waals surface area (Å²) in [5.41, 5.74) is 1.16. The Morgan fingerprint density at radius 2 is 1.83 bits per heavy atom. The lowest BCUT2D eigenvalue weighted by Crippen LogP contribution is -2.26. The van der Waals surface area contributed by atoms with Gasteiger partial charge in [0.05, 0.1) is 4.90 Å². The Morgan fingerprint density at radius 3 is 2.48 bits per heavy atom. The molecule has 6 heteroatoms. The fraction of sp³-hybridized carbons (Fsp3) is 0.235. The van der Waals surface area contributed by atoms with Crippen LogP contribution in [0, 0.1) is 6.92 Å². The molecule has 0 aliphatic carbocycles. The van der Waals surface area contributed by atoms with Gasteiger partial charge >= 0.3 is 0 Å². The number of carbonyl (C=O) groups is 1. The van der Waals surface area contributed by atoms with Crippen molar-refractivity contribution in [3.63, 3.8) is 0 Å². The van der Waals surface area contributed by atoms with Gasteiger partial charge in [-0.2, -0.15) is 0 Å². The smallest absolute Gasteiger partial charge is 0.251 e. The van der Waals surface area contributed by atoms with Crippen LogP contribution in [0.3, 0.4) is 0 Å². The predicted molar refractivity (Wildman–Crippen MR) is 93.8 cm³/mol. The van der Waals surface area contributed by atoms with Crippen molar-refractivity contribution in [1.29, 1.82) is 0 Å². The molecule has 0 aliphatic heterocycles. The fourth-order valence-corrected chi connectivity index (χ4v) is 3.46. The van der Waals surface area contributed by atoms with E-state index in [1.165, 1.54) is 12.1 Å². The average Bonchev–Trinajstić information content (AvgIpc) is 2.51. The van der Waals surface area contributed by atoms with Gasteiger partial charge in [0.15, 0.2) is 9.84 Å².